The molecule has 54 heavy (non-hydrogen) atoms. The molecule has 0 unspecified atom stereocenters. The van der Waals surface area contributed by atoms with Crippen LogP contribution in [0.5, 0.6) is 0 Å². The number of fused-ring (bicyclic) bond motifs is 2. The van der Waals surface area contributed by atoms with Crippen LogP contribution in [-0.2, 0) is 0 Å². The molecule has 318 valence electrons. The Balaban J connectivity index is -0.0000000515. The van der Waals surface area contributed by atoms with Gasteiger partial charge in [0.1, 0.15) is 0 Å². The molecule has 5 aromatic carbocycles. The molecule has 0 radical (unpaired) electrons. The lowest BCUT2D eigenvalue weighted by Crippen LogP contribution is -1.67. The summed E-state index contributed by atoms with van der Waals surface area (Å²) in [5.74, 6) is 0. The van der Waals surface area contributed by atoms with E-state index in [-0.39, 0.29) is 0 Å². The SMILES string of the molecule is CC.CC.CC.CC.CC.CC.CC.CC.CCC.CCC.CCC.CCC.c1ccc2ccccc2c1.c1ccc2ccccc2c1.c1ccccc1. The van der Waals surface area contributed by atoms with Gasteiger partial charge >= 0.3 is 0 Å². The van der Waals surface area contributed by atoms with Crippen molar-refractivity contribution < 1.29 is 0 Å². The molecular formula is C54H102. The van der Waals surface area contributed by atoms with Gasteiger partial charge in [-0.1, -0.05) is 325 Å². The second-order valence-corrected chi connectivity index (χ2v) is 8.68. The lowest BCUT2D eigenvalue weighted by molar-refractivity contribution is 1.09. The molecule has 0 aliphatic rings. The zero-order valence-corrected chi connectivity index (χ0v) is 41.5. The summed E-state index contributed by atoms with van der Waals surface area (Å²) in [6.45, 7) is 49.0. The van der Waals surface area contributed by atoms with Crippen LogP contribution in [-0.4, -0.2) is 0 Å². The van der Waals surface area contributed by atoms with E-state index in [9.17, 15) is 0 Å². The Morgan fingerprint density at radius 1 is 0.185 bits per heavy atom. The molecule has 0 saturated heterocycles. The minimum Gasteiger partial charge on any atom is -0.0683 e. The Labute approximate surface area is 345 Å². The van der Waals surface area contributed by atoms with Crippen LogP contribution in [0.3, 0.4) is 0 Å². The summed E-state index contributed by atoms with van der Waals surface area (Å²) in [4.78, 5) is 0. The van der Waals surface area contributed by atoms with Crippen molar-refractivity contribution in [3.63, 3.8) is 0 Å². The van der Waals surface area contributed by atoms with Crippen molar-refractivity contribution in [2.24, 2.45) is 0 Å². The monoisotopic (exact) mass is 751 g/mol. The molecule has 0 fully saturated rings. The summed E-state index contributed by atoms with van der Waals surface area (Å²) in [5, 5.41) is 5.24. The number of benzene rings is 5. The maximum absolute atomic E-state index is 2.12. The fourth-order valence-electron chi connectivity index (χ4n) is 2.65. The van der Waals surface area contributed by atoms with Gasteiger partial charge in [0.15, 0.2) is 0 Å². The largest absolute Gasteiger partial charge is 0.0683 e. The van der Waals surface area contributed by atoms with Crippen molar-refractivity contribution >= 4 is 21.5 Å². The highest BCUT2D eigenvalue weighted by Gasteiger charge is 1.86. The molecule has 5 aromatic rings. The zero-order valence-electron chi connectivity index (χ0n) is 41.5. The predicted molar refractivity (Wildman–Crippen MR) is 269 cm³/mol. The van der Waals surface area contributed by atoms with Crippen LogP contribution >= 0.6 is 0 Å². The lowest BCUT2D eigenvalue weighted by atomic mass is 10.1. The molecule has 0 amide bonds. The maximum atomic E-state index is 2.12. The molecule has 0 aliphatic carbocycles. The Morgan fingerprint density at radius 2 is 0.259 bits per heavy atom. The average molecular weight is 751 g/mol. The molecule has 0 nitrogen and oxygen atoms in total. The van der Waals surface area contributed by atoms with Gasteiger partial charge in [0, 0.05) is 0 Å². The van der Waals surface area contributed by atoms with E-state index in [1.807, 2.05) is 147 Å². The van der Waals surface area contributed by atoms with Crippen LogP contribution in [0.2, 0.25) is 0 Å². The zero-order chi connectivity index (χ0) is 44.7. The van der Waals surface area contributed by atoms with Gasteiger partial charge in [-0.3, -0.25) is 0 Å². The van der Waals surface area contributed by atoms with Gasteiger partial charge in [-0.05, 0) is 21.5 Å². The van der Waals surface area contributed by atoms with Gasteiger partial charge in [0.2, 0.25) is 0 Å². The predicted octanol–water partition coefficient (Wildman–Crippen LogP) is 21.2. The summed E-state index contributed by atoms with van der Waals surface area (Å²) in [5.41, 5.74) is 0. The minimum atomic E-state index is 1.25. The smallest absolute Gasteiger partial charge is 0.0184 e. The standard InChI is InChI=1S/2C10H8.C6H6.4C3H8.8C2H6/c2*1-2-6-10-8-4-3-7-9(10)5-1;1-2-4-6-5-3-1;4*1-3-2;8*1-2/h2*1-8H;1-6H;4*3H2,1-2H3;8*1-2H3. The third-order valence-electron chi connectivity index (χ3n) is 3.98. The molecule has 0 heterocycles. The Hall–Kier alpha value is -3.38. The lowest BCUT2D eigenvalue weighted by Gasteiger charge is -1.92. The molecule has 0 heteroatoms. The molecule has 0 aromatic heterocycles. The molecule has 0 saturated carbocycles. The van der Waals surface area contributed by atoms with Gasteiger partial charge < -0.3 is 0 Å². The topological polar surface area (TPSA) is 0 Å². The molecule has 0 aliphatic heterocycles. The summed E-state index contributed by atoms with van der Waals surface area (Å²) < 4.78 is 0. The van der Waals surface area contributed by atoms with Crippen molar-refractivity contribution in [2.45, 2.75) is 192 Å². The summed E-state index contributed by atoms with van der Waals surface area (Å²) in [6, 6.07) is 45.4. The molecule has 0 bridgehead atoms. The Kier molecular flexibility index (Phi) is 137. The fraction of sp³-hybridized carbons (Fsp3) is 0.519. The van der Waals surface area contributed by atoms with Gasteiger partial charge in [-0.25, -0.2) is 0 Å². The minimum absolute atomic E-state index is 1.25. The van der Waals surface area contributed by atoms with Crippen LogP contribution < -0.4 is 0 Å². The maximum Gasteiger partial charge on any atom is -0.0184 e. The van der Waals surface area contributed by atoms with E-state index >= 15 is 0 Å². The van der Waals surface area contributed by atoms with Crippen LogP contribution in [0.25, 0.3) is 21.5 Å². The van der Waals surface area contributed by atoms with Crippen molar-refractivity contribution in [1.29, 1.82) is 0 Å². The summed E-state index contributed by atoms with van der Waals surface area (Å²) in [7, 11) is 0. The highest BCUT2D eigenvalue weighted by molar-refractivity contribution is 5.82. The second-order valence-electron chi connectivity index (χ2n) is 8.68. The third-order valence-corrected chi connectivity index (χ3v) is 3.98. The van der Waals surface area contributed by atoms with E-state index < -0.39 is 0 Å². The van der Waals surface area contributed by atoms with Gasteiger partial charge in [0.05, 0.1) is 0 Å². The van der Waals surface area contributed by atoms with E-state index in [4.69, 9.17) is 0 Å². The highest BCUT2D eigenvalue weighted by Crippen LogP contribution is 2.12. The number of rotatable bonds is 0. The molecular weight excluding hydrogens is 649 g/mol. The van der Waals surface area contributed by atoms with Crippen LogP contribution in [0.1, 0.15) is 192 Å². The summed E-state index contributed by atoms with van der Waals surface area (Å²) >= 11 is 0. The second kappa shape index (κ2) is 97.9. The normalized spacial score (nSPS) is 6.81. The van der Waals surface area contributed by atoms with Crippen molar-refractivity contribution in [3.8, 4) is 0 Å². The first-order valence-corrected chi connectivity index (χ1v) is 22.5. The van der Waals surface area contributed by atoms with Crippen molar-refractivity contribution in [1.82, 2.24) is 0 Å². The highest BCUT2D eigenvalue weighted by atomic mass is 13.9. The fourth-order valence-corrected chi connectivity index (χ4v) is 2.65. The van der Waals surface area contributed by atoms with E-state index in [1.165, 1.54) is 47.2 Å². The quantitative estimate of drug-likeness (QED) is 0.148. The van der Waals surface area contributed by atoms with Gasteiger partial charge in [-0.2, -0.15) is 0 Å². The van der Waals surface area contributed by atoms with Crippen LogP contribution in [0.15, 0.2) is 133 Å². The first-order chi connectivity index (χ1) is 26.6. The van der Waals surface area contributed by atoms with Gasteiger partial charge in [0.25, 0.3) is 0 Å². The van der Waals surface area contributed by atoms with E-state index in [2.05, 4.69) is 152 Å². The Bertz CT molecular complexity index is 859. The first kappa shape index (κ1) is 75.5. The average Bonchev–Trinajstić information content (AvgIpc) is 3.29. The number of hydrogen-bond acceptors (Lipinski definition) is 0. The van der Waals surface area contributed by atoms with Crippen molar-refractivity contribution in [3.05, 3.63) is 133 Å². The van der Waals surface area contributed by atoms with Crippen molar-refractivity contribution in [2.75, 3.05) is 0 Å². The molecule has 5 rings (SSSR count). The first-order valence-electron chi connectivity index (χ1n) is 22.5. The van der Waals surface area contributed by atoms with E-state index in [0.29, 0.717) is 0 Å². The Morgan fingerprint density at radius 3 is 0.333 bits per heavy atom. The molecule has 0 atom stereocenters. The van der Waals surface area contributed by atoms with E-state index in [1.54, 1.807) is 0 Å². The summed E-state index contributed by atoms with van der Waals surface area (Å²) in [6.07, 6.45) is 5.00. The van der Waals surface area contributed by atoms with Crippen LogP contribution in [0.4, 0.5) is 0 Å². The van der Waals surface area contributed by atoms with Gasteiger partial charge in [-0.15, -0.1) is 0 Å². The molecule has 0 spiro atoms. The van der Waals surface area contributed by atoms with E-state index in [0.717, 1.165) is 0 Å². The third kappa shape index (κ3) is 73.9. The molecule has 0 N–H and O–H groups in total. The number of hydrogen-bond donors (Lipinski definition) is 0. The van der Waals surface area contributed by atoms with Crippen LogP contribution in [0, 0.1) is 0 Å².